The number of fused-ring (bicyclic) bond motifs is 3. The van der Waals surface area contributed by atoms with Crippen molar-refractivity contribution in [1.29, 1.82) is 0 Å². The quantitative estimate of drug-likeness (QED) is 0.469. The topological polar surface area (TPSA) is 52.2 Å². The van der Waals surface area contributed by atoms with Crippen molar-refractivity contribution in [2.24, 2.45) is 5.10 Å². The molecule has 6 heteroatoms. The van der Waals surface area contributed by atoms with E-state index in [0.29, 0.717) is 23.6 Å². The molecule has 0 saturated carbocycles. The first kappa shape index (κ1) is 14.8. The van der Waals surface area contributed by atoms with E-state index in [4.69, 9.17) is 0 Å². The summed E-state index contributed by atoms with van der Waals surface area (Å²) in [7, 11) is 0. The Kier molecular flexibility index (Phi) is 3.12. The molecule has 0 spiro atoms. The molecule has 0 saturated heterocycles. The zero-order valence-corrected chi connectivity index (χ0v) is 13.6. The Labute approximate surface area is 147 Å². The third kappa shape index (κ3) is 2.19. The smallest absolute Gasteiger partial charge is 0.282 e. The molecule has 0 radical (unpaired) electrons. The maximum atomic E-state index is 13.6. The van der Waals surface area contributed by atoms with Crippen LogP contribution >= 0.6 is 0 Å². The number of hydrogen-bond acceptors (Lipinski definition) is 3. The van der Waals surface area contributed by atoms with Gasteiger partial charge in [-0.05, 0) is 30.3 Å². The minimum Gasteiger partial charge on any atom is -0.339 e. The van der Waals surface area contributed by atoms with Gasteiger partial charge in [-0.15, -0.1) is 0 Å². The molecule has 5 rings (SSSR count). The molecule has 2 aromatic heterocycles. The van der Waals surface area contributed by atoms with Gasteiger partial charge in [0.25, 0.3) is 5.56 Å². The van der Waals surface area contributed by atoms with Crippen LogP contribution in [-0.4, -0.2) is 19.9 Å². The molecule has 5 nitrogen and oxygen atoms in total. The van der Waals surface area contributed by atoms with E-state index in [1.807, 2.05) is 53.2 Å². The summed E-state index contributed by atoms with van der Waals surface area (Å²) in [5.74, 6) is 0.0431. The highest BCUT2D eigenvalue weighted by Crippen LogP contribution is 2.19. The monoisotopic (exact) mass is 344 g/mol. The summed E-state index contributed by atoms with van der Waals surface area (Å²) in [5.41, 5.74) is 2.57. The summed E-state index contributed by atoms with van der Waals surface area (Å²) in [4.78, 5) is 17.5. The van der Waals surface area contributed by atoms with Crippen molar-refractivity contribution in [2.45, 2.75) is 6.54 Å². The van der Waals surface area contributed by atoms with Gasteiger partial charge in [0, 0.05) is 11.8 Å². The number of nitrogens with zero attached hydrogens (tertiary/aromatic N) is 4. The van der Waals surface area contributed by atoms with E-state index in [-0.39, 0.29) is 10.9 Å². The third-order valence-electron chi connectivity index (χ3n) is 4.51. The highest BCUT2D eigenvalue weighted by Gasteiger charge is 2.20. The summed E-state index contributed by atoms with van der Waals surface area (Å²) in [6.45, 7) is 0.407. The molecule has 4 aromatic rings. The van der Waals surface area contributed by atoms with Crippen LogP contribution in [-0.2, 0) is 6.54 Å². The molecule has 0 aliphatic carbocycles. The second-order valence-electron chi connectivity index (χ2n) is 6.14. The minimum atomic E-state index is -0.468. The van der Waals surface area contributed by atoms with Crippen LogP contribution in [0.2, 0.25) is 0 Å². The number of rotatable bonds is 1. The van der Waals surface area contributed by atoms with Crippen LogP contribution in [0.3, 0.4) is 0 Å². The SMILES string of the molecule is O=c1c2cc(F)ccc2nc2n1N=C(c1ccccc1)c1cccn1C2. The first-order valence-electron chi connectivity index (χ1n) is 8.22. The van der Waals surface area contributed by atoms with Gasteiger partial charge in [-0.2, -0.15) is 9.78 Å². The summed E-state index contributed by atoms with van der Waals surface area (Å²) < 4.78 is 16.9. The Balaban J connectivity index is 1.86. The van der Waals surface area contributed by atoms with E-state index in [2.05, 4.69) is 10.1 Å². The zero-order chi connectivity index (χ0) is 17.7. The van der Waals surface area contributed by atoms with Gasteiger partial charge < -0.3 is 4.57 Å². The lowest BCUT2D eigenvalue weighted by atomic mass is 10.1. The third-order valence-corrected chi connectivity index (χ3v) is 4.51. The predicted octanol–water partition coefficient (Wildman–Crippen LogP) is 3.00. The van der Waals surface area contributed by atoms with E-state index in [0.717, 1.165) is 11.3 Å². The maximum absolute atomic E-state index is 13.6. The van der Waals surface area contributed by atoms with E-state index in [9.17, 15) is 9.18 Å². The lowest BCUT2D eigenvalue weighted by molar-refractivity contribution is 0.628. The second-order valence-corrected chi connectivity index (χ2v) is 6.14. The van der Waals surface area contributed by atoms with Gasteiger partial charge >= 0.3 is 0 Å². The van der Waals surface area contributed by atoms with Gasteiger partial charge in [0.2, 0.25) is 0 Å². The molecule has 0 bridgehead atoms. The fourth-order valence-electron chi connectivity index (χ4n) is 3.27. The molecular formula is C20H13FN4O. The second kappa shape index (κ2) is 5.49. The lowest BCUT2D eigenvalue weighted by Gasteiger charge is -2.08. The number of benzene rings is 2. The molecule has 0 unspecified atom stereocenters. The molecule has 0 fully saturated rings. The van der Waals surface area contributed by atoms with Crippen molar-refractivity contribution in [3.05, 3.63) is 100 Å². The lowest BCUT2D eigenvalue weighted by Crippen LogP contribution is -2.23. The van der Waals surface area contributed by atoms with Gasteiger partial charge in [-0.3, -0.25) is 4.79 Å². The van der Waals surface area contributed by atoms with E-state index in [1.54, 1.807) is 0 Å². The maximum Gasteiger partial charge on any atom is 0.282 e. The Morgan fingerprint density at radius 2 is 1.85 bits per heavy atom. The average Bonchev–Trinajstić information content (AvgIpc) is 3.05. The van der Waals surface area contributed by atoms with Gasteiger partial charge in [0.15, 0.2) is 5.82 Å². The molecule has 26 heavy (non-hydrogen) atoms. The van der Waals surface area contributed by atoms with Crippen molar-refractivity contribution in [1.82, 2.24) is 14.2 Å². The average molecular weight is 344 g/mol. The van der Waals surface area contributed by atoms with E-state index < -0.39 is 5.82 Å². The minimum absolute atomic E-state index is 0.219. The normalized spacial score (nSPS) is 13.0. The van der Waals surface area contributed by atoms with Crippen LogP contribution in [0.5, 0.6) is 0 Å². The first-order valence-corrected chi connectivity index (χ1v) is 8.22. The van der Waals surface area contributed by atoms with Crippen LogP contribution in [0.15, 0.2) is 76.8 Å². The van der Waals surface area contributed by atoms with Crippen LogP contribution in [0.4, 0.5) is 4.39 Å². The molecule has 0 amide bonds. The Hall–Kier alpha value is -3.54. The number of hydrogen-bond donors (Lipinski definition) is 0. The Morgan fingerprint density at radius 1 is 1.00 bits per heavy atom. The van der Waals surface area contributed by atoms with Crippen LogP contribution < -0.4 is 5.56 Å². The van der Waals surface area contributed by atoms with Crippen LogP contribution in [0.25, 0.3) is 10.9 Å². The van der Waals surface area contributed by atoms with E-state index in [1.165, 1.54) is 22.9 Å². The molecule has 0 atom stereocenters. The fraction of sp³-hybridized carbons (Fsp3) is 0.0500. The molecule has 3 heterocycles. The fourth-order valence-corrected chi connectivity index (χ4v) is 3.27. The number of halogens is 1. The summed E-state index contributed by atoms with van der Waals surface area (Å²) >= 11 is 0. The van der Waals surface area contributed by atoms with Gasteiger partial charge in [0.1, 0.15) is 11.5 Å². The Morgan fingerprint density at radius 3 is 2.69 bits per heavy atom. The zero-order valence-electron chi connectivity index (χ0n) is 13.6. The van der Waals surface area contributed by atoms with Crippen molar-refractivity contribution < 1.29 is 4.39 Å². The van der Waals surface area contributed by atoms with Gasteiger partial charge in [0.05, 0.1) is 23.1 Å². The largest absolute Gasteiger partial charge is 0.339 e. The number of aromatic nitrogens is 3. The molecule has 2 aromatic carbocycles. The molecule has 0 N–H and O–H groups in total. The molecular weight excluding hydrogens is 331 g/mol. The van der Waals surface area contributed by atoms with Crippen molar-refractivity contribution >= 4 is 16.6 Å². The van der Waals surface area contributed by atoms with Crippen LogP contribution in [0.1, 0.15) is 17.1 Å². The van der Waals surface area contributed by atoms with E-state index >= 15 is 0 Å². The summed E-state index contributed by atoms with van der Waals surface area (Å²) in [6, 6.07) is 17.6. The predicted molar refractivity (Wildman–Crippen MR) is 97.0 cm³/mol. The van der Waals surface area contributed by atoms with Crippen molar-refractivity contribution in [2.75, 3.05) is 0 Å². The highest BCUT2D eigenvalue weighted by molar-refractivity contribution is 6.12. The van der Waals surface area contributed by atoms with Gasteiger partial charge in [-0.25, -0.2) is 9.37 Å². The summed E-state index contributed by atoms with van der Waals surface area (Å²) in [6.07, 6.45) is 1.93. The Bertz CT molecular complexity index is 1240. The molecule has 126 valence electrons. The molecule has 1 aliphatic rings. The standard InChI is InChI=1S/C20H13FN4O/c21-14-8-9-16-15(11-14)20(26)25-18(22-16)12-24-10-4-7-17(24)19(23-25)13-5-2-1-3-6-13/h1-11H,12H2. The van der Waals surface area contributed by atoms with Crippen molar-refractivity contribution in [3.8, 4) is 0 Å². The summed E-state index contributed by atoms with van der Waals surface area (Å²) in [5, 5.41) is 4.84. The van der Waals surface area contributed by atoms with Crippen LogP contribution in [0, 0.1) is 5.82 Å². The highest BCUT2D eigenvalue weighted by atomic mass is 19.1. The molecule has 1 aliphatic heterocycles. The first-order chi connectivity index (χ1) is 12.7. The van der Waals surface area contributed by atoms with Crippen molar-refractivity contribution in [3.63, 3.8) is 0 Å². The van der Waals surface area contributed by atoms with Gasteiger partial charge in [-0.1, -0.05) is 30.3 Å².